The Balaban J connectivity index is 1.64. The number of rotatable bonds is 19. The maximum atomic E-state index is 10.6. The van der Waals surface area contributed by atoms with E-state index in [0.29, 0.717) is 6.61 Å². The average Bonchev–Trinajstić information content (AvgIpc) is 2.92. The molecule has 0 saturated carbocycles. The molecule has 7 N–H and O–H groups in total. The molecule has 0 bridgehead atoms. The molecule has 0 aromatic rings. The van der Waals surface area contributed by atoms with Gasteiger partial charge in [0.2, 0.25) is 0 Å². The summed E-state index contributed by atoms with van der Waals surface area (Å²) in [6.07, 6.45) is -2.25. The molecule has 0 amide bonds. The minimum atomic E-state index is -1.71. The summed E-state index contributed by atoms with van der Waals surface area (Å²) >= 11 is 0. The third-order valence-corrected chi connectivity index (χ3v) is 7.11. The second kappa shape index (κ2) is 18.8. The van der Waals surface area contributed by atoms with Crippen molar-refractivity contribution in [2.75, 3.05) is 33.0 Å². The van der Waals surface area contributed by atoms with E-state index in [4.69, 9.17) is 23.7 Å². The van der Waals surface area contributed by atoms with Crippen molar-refractivity contribution in [3.63, 3.8) is 0 Å². The first-order valence-corrected chi connectivity index (χ1v) is 14.1. The second-order valence-corrected chi connectivity index (χ2v) is 10.2. The van der Waals surface area contributed by atoms with E-state index in [1.807, 2.05) is 0 Å². The van der Waals surface area contributed by atoms with Gasteiger partial charge in [-0.1, -0.05) is 64.7 Å². The van der Waals surface area contributed by atoms with Crippen molar-refractivity contribution in [3.05, 3.63) is 0 Å². The molecule has 2 rings (SSSR count). The first-order chi connectivity index (χ1) is 18.3. The van der Waals surface area contributed by atoms with Crippen LogP contribution in [-0.4, -0.2) is 130 Å². The van der Waals surface area contributed by atoms with Crippen LogP contribution in [0.2, 0.25) is 0 Å². The normalized spacial score (nSPS) is 36.0. The van der Waals surface area contributed by atoms with Gasteiger partial charge >= 0.3 is 0 Å². The minimum Gasteiger partial charge on any atom is -0.394 e. The third kappa shape index (κ3) is 10.5. The molecule has 2 fully saturated rings. The maximum Gasteiger partial charge on any atom is 0.187 e. The molecule has 0 unspecified atom stereocenters. The van der Waals surface area contributed by atoms with E-state index in [0.717, 1.165) is 12.8 Å². The standard InChI is InChI=1S/C26H50O12/c1-2-3-4-5-6-7-8-9-10-11-12-34-13-14-35-25-23(33)21(31)24(18(16-28)37-25)38-26-22(32)20(30)19(29)17(15-27)36-26/h17-33H,2-16H2,1H3/t17-,18-,19+,20+,21-,22-,23-,24-,25-,26+/m1/s1. The average molecular weight is 555 g/mol. The van der Waals surface area contributed by atoms with Crippen molar-refractivity contribution >= 4 is 0 Å². The lowest BCUT2D eigenvalue weighted by Crippen LogP contribution is -2.64. The summed E-state index contributed by atoms with van der Waals surface area (Å²) in [5.74, 6) is 0. The Kier molecular flexibility index (Phi) is 16.7. The summed E-state index contributed by atoms with van der Waals surface area (Å²) in [6, 6.07) is 0. The van der Waals surface area contributed by atoms with Gasteiger partial charge in [0.15, 0.2) is 12.6 Å². The monoisotopic (exact) mass is 554 g/mol. The Morgan fingerprint density at radius 2 is 1.11 bits per heavy atom. The summed E-state index contributed by atoms with van der Waals surface area (Å²) in [5, 5.41) is 70.2. The molecule has 38 heavy (non-hydrogen) atoms. The molecule has 2 aliphatic rings. The molecule has 0 aliphatic carbocycles. The third-order valence-electron chi connectivity index (χ3n) is 7.11. The molecular formula is C26H50O12. The van der Waals surface area contributed by atoms with Crippen molar-refractivity contribution in [1.29, 1.82) is 0 Å². The number of ether oxygens (including phenoxy) is 5. The van der Waals surface area contributed by atoms with Crippen LogP contribution in [0.25, 0.3) is 0 Å². The van der Waals surface area contributed by atoms with Gasteiger partial charge in [0.1, 0.15) is 48.8 Å². The molecule has 2 saturated heterocycles. The van der Waals surface area contributed by atoms with Crippen molar-refractivity contribution in [1.82, 2.24) is 0 Å². The van der Waals surface area contributed by atoms with Crippen LogP contribution in [0.5, 0.6) is 0 Å². The zero-order valence-corrected chi connectivity index (χ0v) is 22.6. The van der Waals surface area contributed by atoms with Crippen molar-refractivity contribution < 1.29 is 59.4 Å². The SMILES string of the molecule is CCCCCCCCCCCCOCCO[C@@H]1O[C@H](CO)[C@@H](O[C@@H]2O[C@H](CO)[C@H](O)[C@H](O)[C@H]2O)[C@H](O)[C@H]1O. The van der Waals surface area contributed by atoms with Crippen molar-refractivity contribution in [2.45, 2.75) is 133 Å². The van der Waals surface area contributed by atoms with Crippen LogP contribution >= 0.6 is 0 Å². The molecule has 226 valence electrons. The first kappa shape index (κ1) is 33.7. The fraction of sp³-hybridized carbons (Fsp3) is 1.00. The van der Waals surface area contributed by atoms with E-state index in [-0.39, 0.29) is 13.2 Å². The highest BCUT2D eigenvalue weighted by Gasteiger charge is 2.50. The maximum absolute atomic E-state index is 10.6. The van der Waals surface area contributed by atoms with Gasteiger partial charge in [-0.15, -0.1) is 0 Å². The molecule has 12 heteroatoms. The van der Waals surface area contributed by atoms with Crippen LogP contribution in [-0.2, 0) is 23.7 Å². The molecule has 0 radical (unpaired) electrons. The first-order valence-electron chi connectivity index (χ1n) is 14.1. The fourth-order valence-corrected chi connectivity index (χ4v) is 4.71. The number of hydrogen-bond donors (Lipinski definition) is 7. The van der Waals surface area contributed by atoms with Crippen LogP contribution in [0.15, 0.2) is 0 Å². The van der Waals surface area contributed by atoms with Crippen LogP contribution < -0.4 is 0 Å². The van der Waals surface area contributed by atoms with Gasteiger partial charge < -0.3 is 59.4 Å². The molecule has 10 atom stereocenters. The van der Waals surface area contributed by atoms with Gasteiger partial charge in [0.05, 0.1) is 26.4 Å². The Morgan fingerprint density at radius 1 is 0.553 bits per heavy atom. The topological polar surface area (TPSA) is 188 Å². The predicted octanol–water partition coefficient (Wildman–Crippen LogP) is -0.435. The lowest BCUT2D eigenvalue weighted by Gasteiger charge is -2.45. The number of aliphatic hydroxyl groups excluding tert-OH is 7. The van der Waals surface area contributed by atoms with Crippen molar-refractivity contribution in [3.8, 4) is 0 Å². The zero-order chi connectivity index (χ0) is 27.9. The highest BCUT2D eigenvalue weighted by molar-refractivity contribution is 4.94. The van der Waals surface area contributed by atoms with Crippen LogP contribution in [0, 0.1) is 0 Å². The molecule has 0 aromatic carbocycles. The van der Waals surface area contributed by atoms with E-state index < -0.39 is 74.6 Å². The quantitative estimate of drug-likeness (QED) is 0.102. The van der Waals surface area contributed by atoms with E-state index >= 15 is 0 Å². The lowest BCUT2D eigenvalue weighted by atomic mass is 9.97. The number of hydrogen-bond acceptors (Lipinski definition) is 12. The predicted molar refractivity (Wildman–Crippen MR) is 135 cm³/mol. The molecule has 2 heterocycles. The second-order valence-electron chi connectivity index (χ2n) is 10.2. The van der Waals surface area contributed by atoms with Crippen molar-refractivity contribution in [2.24, 2.45) is 0 Å². The zero-order valence-electron chi connectivity index (χ0n) is 22.6. The van der Waals surface area contributed by atoms with E-state index in [1.54, 1.807) is 0 Å². The fourth-order valence-electron chi connectivity index (χ4n) is 4.71. The Hall–Kier alpha value is -0.480. The van der Waals surface area contributed by atoms with E-state index in [1.165, 1.54) is 51.4 Å². The summed E-state index contributed by atoms with van der Waals surface area (Å²) in [7, 11) is 0. The molecule has 0 aromatic heterocycles. The molecule has 0 spiro atoms. The Morgan fingerprint density at radius 3 is 1.71 bits per heavy atom. The molecule has 2 aliphatic heterocycles. The van der Waals surface area contributed by atoms with Gasteiger partial charge in [-0.2, -0.15) is 0 Å². The minimum absolute atomic E-state index is 0.0998. The highest BCUT2D eigenvalue weighted by atomic mass is 16.7. The van der Waals surface area contributed by atoms with Crippen LogP contribution in [0.1, 0.15) is 71.1 Å². The highest BCUT2D eigenvalue weighted by Crippen LogP contribution is 2.29. The lowest BCUT2D eigenvalue weighted by molar-refractivity contribution is -0.359. The Labute approximate surface area is 225 Å². The summed E-state index contributed by atoms with van der Waals surface area (Å²) in [5.41, 5.74) is 0. The molecular weight excluding hydrogens is 504 g/mol. The summed E-state index contributed by atoms with van der Waals surface area (Å²) in [4.78, 5) is 0. The number of unbranched alkanes of at least 4 members (excludes halogenated alkanes) is 9. The van der Waals surface area contributed by atoms with Gasteiger partial charge in [-0.25, -0.2) is 0 Å². The van der Waals surface area contributed by atoms with Gasteiger partial charge in [0, 0.05) is 6.61 Å². The summed E-state index contributed by atoms with van der Waals surface area (Å²) in [6.45, 7) is 1.93. The largest absolute Gasteiger partial charge is 0.394 e. The summed E-state index contributed by atoms with van der Waals surface area (Å²) < 4.78 is 27.5. The van der Waals surface area contributed by atoms with Gasteiger partial charge in [-0.05, 0) is 6.42 Å². The smallest absolute Gasteiger partial charge is 0.187 e. The van der Waals surface area contributed by atoms with Gasteiger partial charge in [0.25, 0.3) is 0 Å². The van der Waals surface area contributed by atoms with Crippen LogP contribution in [0.4, 0.5) is 0 Å². The molecule has 12 nitrogen and oxygen atoms in total. The van der Waals surface area contributed by atoms with Gasteiger partial charge in [-0.3, -0.25) is 0 Å². The number of aliphatic hydroxyl groups is 7. The van der Waals surface area contributed by atoms with Crippen LogP contribution in [0.3, 0.4) is 0 Å². The van der Waals surface area contributed by atoms with E-state index in [9.17, 15) is 35.7 Å². The Bertz CT molecular complexity index is 595. The van der Waals surface area contributed by atoms with E-state index in [2.05, 4.69) is 6.92 Å².